The molecule has 4 aromatic rings. The third-order valence-corrected chi connectivity index (χ3v) is 6.94. The van der Waals surface area contributed by atoms with Crippen LogP contribution in [0, 0.1) is 0 Å². The van der Waals surface area contributed by atoms with Crippen LogP contribution in [0.2, 0.25) is 0 Å². The van der Waals surface area contributed by atoms with E-state index in [9.17, 15) is 9.59 Å². The summed E-state index contributed by atoms with van der Waals surface area (Å²) in [6, 6.07) is 34.4. The quantitative estimate of drug-likeness (QED) is 0.235. The summed E-state index contributed by atoms with van der Waals surface area (Å²) in [7, 11) is 0. The molecule has 0 unspecified atom stereocenters. The van der Waals surface area contributed by atoms with Crippen LogP contribution in [0.1, 0.15) is 34.3 Å². The second-order valence-corrected chi connectivity index (χ2v) is 9.96. The second kappa shape index (κ2) is 13.4. The van der Waals surface area contributed by atoms with Crippen LogP contribution < -0.4 is 20.7 Å². The maximum atomic E-state index is 12.8. The third-order valence-electron chi connectivity index (χ3n) is 6.94. The topological polar surface area (TPSA) is 82.7 Å². The van der Waals surface area contributed by atoms with Crippen LogP contribution in [0.5, 0.6) is 5.75 Å². The van der Waals surface area contributed by atoms with Gasteiger partial charge in [-0.3, -0.25) is 9.69 Å². The molecule has 1 saturated heterocycles. The van der Waals surface area contributed by atoms with Gasteiger partial charge >= 0.3 is 6.03 Å². The van der Waals surface area contributed by atoms with Crippen molar-refractivity contribution in [3.05, 3.63) is 126 Å². The largest absolute Gasteiger partial charge is 0.489 e. The van der Waals surface area contributed by atoms with Gasteiger partial charge in [0, 0.05) is 42.6 Å². The first-order valence-electron chi connectivity index (χ1n) is 13.6. The van der Waals surface area contributed by atoms with E-state index in [0.717, 1.165) is 43.8 Å². The molecule has 0 saturated carbocycles. The van der Waals surface area contributed by atoms with E-state index < -0.39 is 0 Å². The molecule has 7 heteroatoms. The highest BCUT2D eigenvalue weighted by Gasteiger charge is 2.21. The highest BCUT2D eigenvalue weighted by molar-refractivity contribution is 6.00. The molecule has 1 aliphatic rings. The Bertz CT molecular complexity index is 1370. The average molecular weight is 535 g/mol. The van der Waals surface area contributed by atoms with Crippen molar-refractivity contribution in [1.29, 1.82) is 0 Å². The number of urea groups is 1. The Morgan fingerprint density at radius 2 is 1.25 bits per heavy atom. The summed E-state index contributed by atoms with van der Waals surface area (Å²) < 4.78 is 5.79. The summed E-state index contributed by atoms with van der Waals surface area (Å²) in [5.74, 6) is 0.633. The highest BCUT2D eigenvalue weighted by atomic mass is 16.5. The minimum absolute atomic E-state index is 0.0907. The van der Waals surface area contributed by atoms with Gasteiger partial charge in [-0.2, -0.15) is 0 Å². The highest BCUT2D eigenvalue weighted by Crippen LogP contribution is 2.19. The van der Waals surface area contributed by atoms with Crippen LogP contribution in [0.3, 0.4) is 0 Å². The molecule has 7 nitrogen and oxygen atoms in total. The molecule has 0 aromatic heterocycles. The number of nitrogens with one attached hydrogen (secondary N) is 3. The number of anilines is 2. The molecule has 0 bridgehead atoms. The molecule has 40 heavy (non-hydrogen) atoms. The Labute approximate surface area is 235 Å². The van der Waals surface area contributed by atoms with E-state index in [4.69, 9.17) is 4.74 Å². The lowest BCUT2D eigenvalue weighted by Gasteiger charge is -2.32. The number of nitrogens with zero attached hydrogens (tertiary/aromatic N) is 1. The van der Waals surface area contributed by atoms with E-state index in [1.54, 1.807) is 36.4 Å². The van der Waals surface area contributed by atoms with Crippen molar-refractivity contribution >= 4 is 23.3 Å². The zero-order valence-electron chi connectivity index (χ0n) is 22.4. The fraction of sp³-hybridized carbons (Fsp3) is 0.212. The number of carbonyl (C=O) groups is 2. The first kappa shape index (κ1) is 27.0. The zero-order chi connectivity index (χ0) is 27.6. The van der Waals surface area contributed by atoms with E-state index in [-0.39, 0.29) is 18.0 Å². The summed E-state index contributed by atoms with van der Waals surface area (Å²) in [5, 5.41) is 8.78. The maximum absolute atomic E-state index is 12.8. The molecule has 5 rings (SSSR count). The predicted molar refractivity (Wildman–Crippen MR) is 159 cm³/mol. The van der Waals surface area contributed by atoms with Crippen LogP contribution in [0.25, 0.3) is 0 Å². The number of hydrogen-bond acceptors (Lipinski definition) is 4. The fourth-order valence-corrected chi connectivity index (χ4v) is 4.72. The van der Waals surface area contributed by atoms with Crippen molar-refractivity contribution in [2.24, 2.45) is 0 Å². The molecule has 3 N–H and O–H groups in total. The number of benzene rings is 4. The Morgan fingerprint density at radius 3 is 1.85 bits per heavy atom. The molecule has 204 valence electrons. The van der Waals surface area contributed by atoms with E-state index in [1.807, 2.05) is 48.5 Å². The van der Waals surface area contributed by atoms with Crippen molar-refractivity contribution in [3.8, 4) is 5.75 Å². The third kappa shape index (κ3) is 7.94. The number of carbonyl (C=O) groups excluding carboxylic acids is 2. The van der Waals surface area contributed by atoms with Crippen molar-refractivity contribution in [2.45, 2.75) is 32.0 Å². The SMILES string of the molecule is O=C(Nc1ccc(OCc2ccccc2)cc1)Nc1ccc(C(=O)NC2CCN(Cc3ccccc3)CC2)cc1. The molecule has 1 aliphatic heterocycles. The molecule has 0 radical (unpaired) electrons. The summed E-state index contributed by atoms with van der Waals surface area (Å²) in [4.78, 5) is 27.7. The van der Waals surface area contributed by atoms with Gasteiger partial charge < -0.3 is 20.7 Å². The van der Waals surface area contributed by atoms with Crippen molar-refractivity contribution in [3.63, 3.8) is 0 Å². The molecule has 0 aliphatic carbocycles. The van der Waals surface area contributed by atoms with Crippen molar-refractivity contribution in [2.75, 3.05) is 23.7 Å². The number of rotatable bonds is 9. The molecule has 0 atom stereocenters. The van der Waals surface area contributed by atoms with Crippen LogP contribution in [-0.2, 0) is 13.2 Å². The summed E-state index contributed by atoms with van der Waals surface area (Å²) in [6.07, 6.45) is 1.86. The lowest BCUT2D eigenvalue weighted by molar-refractivity contribution is 0.0909. The Balaban J connectivity index is 1.03. The molecule has 1 fully saturated rings. The number of piperidine rings is 1. The first-order valence-corrected chi connectivity index (χ1v) is 13.6. The Morgan fingerprint density at radius 1 is 0.700 bits per heavy atom. The van der Waals surface area contributed by atoms with Gasteiger partial charge in [0.15, 0.2) is 0 Å². The minimum atomic E-state index is -0.364. The normalized spacial score (nSPS) is 13.8. The molecular formula is C33H34N4O3. The van der Waals surface area contributed by atoms with Crippen molar-refractivity contribution < 1.29 is 14.3 Å². The van der Waals surface area contributed by atoms with Crippen LogP contribution in [0.15, 0.2) is 109 Å². The predicted octanol–water partition coefficient (Wildman–Crippen LogP) is 6.30. The maximum Gasteiger partial charge on any atom is 0.323 e. The van der Waals surface area contributed by atoms with Gasteiger partial charge in [0.05, 0.1) is 0 Å². The smallest absolute Gasteiger partial charge is 0.323 e. The van der Waals surface area contributed by atoms with E-state index >= 15 is 0 Å². The standard InChI is InChI=1S/C33H34N4O3/c38-32(34-30-19-21-37(22-20-30)23-25-7-3-1-4-8-25)27-11-13-28(14-12-27)35-33(39)36-29-15-17-31(18-16-29)40-24-26-9-5-2-6-10-26/h1-18,30H,19-24H2,(H,34,38)(H2,35,36,39). The van der Waals surface area contributed by atoms with Gasteiger partial charge in [0.2, 0.25) is 0 Å². The van der Waals surface area contributed by atoms with Crippen LogP contribution in [-0.4, -0.2) is 36.0 Å². The Hall–Kier alpha value is -4.62. The van der Waals surface area contributed by atoms with Gasteiger partial charge in [0.1, 0.15) is 12.4 Å². The number of amides is 3. The number of ether oxygens (including phenoxy) is 1. The molecule has 4 aromatic carbocycles. The Kier molecular flexibility index (Phi) is 9.06. The van der Waals surface area contributed by atoms with Crippen LogP contribution >= 0.6 is 0 Å². The molecule has 1 heterocycles. The van der Waals surface area contributed by atoms with Gasteiger partial charge in [-0.25, -0.2) is 4.79 Å². The molecule has 0 spiro atoms. The summed E-state index contributed by atoms with van der Waals surface area (Å²) >= 11 is 0. The fourth-order valence-electron chi connectivity index (χ4n) is 4.72. The van der Waals surface area contributed by atoms with Gasteiger partial charge in [0.25, 0.3) is 5.91 Å². The van der Waals surface area contributed by atoms with E-state index in [1.165, 1.54) is 5.56 Å². The summed E-state index contributed by atoms with van der Waals surface area (Å²) in [5.41, 5.74) is 4.23. The lowest BCUT2D eigenvalue weighted by Crippen LogP contribution is -2.44. The van der Waals surface area contributed by atoms with Gasteiger partial charge in [-0.15, -0.1) is 0 Å². The van der Waals surface area contributed by atoms with E-state index in [0.29, 0.717) is 23.5 Å². The second-order valence-electron chi connectivity index (χ2n) is 9.96. The number of likely N-dealkylation sites (tertiary alicyclic amines) is 1. The monoisotopic (exact) mass is 534 g/mol. The van der Waals surface area contributed by atoms with Gasteiger partial charge in [-0.1, -0.05) is 60.7 Å². The number of hydrogen-bond donors (Lipinski definition) is 3. The van der Waals surface area contributed by atoms with E-state index in [2.05, 4.69) is 45.1 Å². The molecular weight excluding hydrogens is 500 g/mol. The summed E-state index contributed by atoms with van der Waals surface area (Å²) in [6.45, 7) is 3.34. The lowest BCUT2D eigenvalue weighted by atomic mass is 10.0. The zero-order valence-corrected chi connectivity index (χ0v) is 22.4. The van der Waals surface area contributed by atoms with Gasteiger partial charge in [-0.05, 0) is 72.5 Å². The van der Waals surface area contributed by atoms with Crippen molar-refractivity contribution in [1.82, 2.24) is 10.2 Å². The first-order chi connectivity index (χ1) is 19.6. The minimum Gasteiger partial charge on any atom is -0.489 e. The molecule has 3 amide bonds. The van der Waals surface area contributed by atoms with Crippen LogP contribution in [0.4, 0.5) is 16.2 Å². The average Bonchev–Trinajstić information content (AvgIpc) is 2.99.